The summed E-state index contributed by atoms with van der Waals surface area (Å²) >= 11 is 0. The molecule has 0 aromatic heterocycles. The number of nitrogens with zero attached hydrogens (tertiary/aromatic N) is 2. The fourth-order valence-electron chi connectivity index (χ4n) is 4.60. The van der Waals surface area contributed by atoms with E-state index in [4.69, 9.17) is 29.3 Å². The molecule has 0 unspecified atom stereocenters. The first-order valence-electron chi connectivity index (χ1n) is 17.0. The molecule has 6 aromatic carbocycles. The van der Waals surface area contributed by atoms with Gasteiger partial charge in [0.15, 0.2) is 11.6 Å². The zero-order valence-corrected chi connectivity index (χ0v) is 36.3. The van der Waals surface area contributed by atoms with Crippen LogP contribution in [0.15, 0.2) is 168 Å². The summed E-state index contributed by atoms with van der Waals surface area (Å²) in [5.41, 5.74) is 4.89. The molecule has 12 heteroatoms. The van der Waals surface area contributed by atoms with E-state index >= 15 is 0 Å². The van der Waals surface area contributed by atoms with Crippen molar-refractivity contribution in [3.05, 3.63) is 192 Å². The third-order valence-electron chi connectivity index (χ3n) is 7.09. The molecule has 0 saturated heterocycles. The van der Waals surface area contributed by atoms with Gasteiger partial charge < -0.3 is 38.9 Å². The van der Waals surface area contributed by atoms with Crippen molar-refractivity contribution in [1.29, 1.82) is 0 Å². The molecule has 0 aliphatic rings. The van der Waals surface area contributed by atoms with E-state index in [0.29, 0.717) is 33.9 Å². The van der Waals surface area contributed by atoms with E-state index in [2.05, 4.69) is 22.1 Å². The van der Waals surface area contributed by atoms with Crippen LogP contribution in [0.5, 0.6) is 11.5 Å². The summed E-state index contributed by atoms with van der Waals surface area (Å²) in [6, 6.07) is 53.4. The van der Waals surface area contributed by atoms with Crippen molar-refractivity contribution in [1.82, 2.24) is 0 Å². The van der Waals surface area contributed by atoms with Crippen molar-refractivity contribution in [3.8, 4) is 11.5 Å². The second kappa shape index (κ2) is 27.5. The molecule has 6 aromatic rings. The number of carboxylic acids is 2. The fourth-order valence-corrected chi connectivity index (χ4v) is 4.60. The average molecular weight is 1140 g/mol. The van der Waals surface area contributed by atoms with Gasteiger partial charge in [0.2, 0.25) is 0 Å². The third-order valence-corrected chi connectivity index (χ3v) is 7.09. The van der Waals surface area contributed by atoms with Crippen LogP contribution in [0.1, 0.15) is 45.7 Å². The van der Waals surface area contributed by atoms with E-state index in [1.807, 2.05) is 109 Å². The van der Waals surface area contributed by atoms with Crippen LogP contribution in [0.25, 0.3) is 0 Å². The topological polar surface area (TPSA) is 158 Å². The first-order chi connectivity index (χ1) is 27.0. The van der Waals surface area contributed by atoms with Gasteiger partial charge in [0.25, 0.3) is 0 Å². The van der Waals surface area contributed by atoms with Crippen LogP contribution in [0.3, 0.4) is 0 Å². The Morgan fingerprint density at radius 1 is 0.466 bits per heavy atom. The minimum atomic E-state index is -1.08. The molecule has 0 atom stereocenters. The molecular formula is C46H38N2O8Pt2. The molecule has 300 valence electrons. The number of aliphatic carboxylic acids is 2. The Labute approximate surface area is 366 Å². The second-order valence-corrected chi connectivity index (χ2v) is 11.3. The number of methoxy groups -OCH3 is 2. The summed E-state index contributed by atoms with van der Waals surface area (Å²) in [4.78, 5) is 52.7. The van der Waals surface area contributed by atoms with Gasteiger partial charge in [-0.2, -0.15) is 60.7 Å². The molecular weight excluding hydrogens is 1100 g/mol. The van der Waals surface area contributed by atoms with Crippen molar-refractivity contribution in [2.45, 2.75) is 13.8 Å². The van der Waals surface area contributed by atoms with Gasteiger partial charge in [-0.3, -0.25) is 0 Å². The van der Waals surface area contributed by atoms with Gasteiger partial charge in [-0.1, -0.05) is 71.8 Å². The van der Waals surface area contributed by atoms with Crippen LogP contribution < -0.4 is 19.7 Å². The molecule has 0 aliphatic heterocycles. The zero-order valence-electron chi connectivity index (χ0n) is 31.8. The standard InChI is InChI=1S/2C21H16NO2.2C2H4O2.2Pt/c2*1-24-19-14-12-18(13-15-19)22-20(16-8-4-2-5-9-16)21(23)17-10-6-3-7-11-17;2*1-2(3)4;;/h2*2-6,8-15H,1H3;2*1H3,(H,3,4);;/q2*-1;;;2*+2/p-2. The number of hydrogen-bond acceptors (Lipinski definition) is 10. The van der Waals surface area contributed by atoms with E-state index in [1.165, 1.54) is 0 Å². The number of carbonyl (C=O) groups is 4. The number of carbonyl (C=O) groups excluding carboxylic acids is 4. The number of carboxylic acid groups (broad SMARTS) is 2. The molecule has 0 radical (unpaired) electrons. The first-order valence-corrected chi connectivity index (χ1v) is 17.0. The van der Waals surface area contributed by atoms with Crippen molar-refractivity contribution >= 4 is 46.3 Å². The van der Waals surface area contributed by atoms with E-state index in [9.17, 15) is 9.59 Å². The predicted molar refractivity (Wildman–Crippen MR) is 212 cm³/mol. The summed E-state index contributed by atoms with van der Waals surface area (Å²) in [7, 11) is 3.23. The van der Waals surface area contributed by atoms with Gasteiger partial charge in [0, 0.05) is 23.1 Å². The number of benzene rings is 6. The Hall–Kier alpha value is -6.08. The van der Waals surface area contributed by atoms with Crippen LogP contribution in [-0.4, -0.2) is 49.1 Å². The average Bonchev–Trinajstić information content (AvgIpc) is 3.23. The minimum absolute atomic E-state index is 0. The maximum atomic E-state index is 12.9. The van der Waals surface area contributed by atoms with E-state index in [-0.39, 0.29) is 53.7 Å². The monoisotopic (exact) mass is 1140 g/mol. The summed E-state index contributed by atoms with van der Waals surface area (Å²) < 4.78 is 10.3. The van der Waals surface area contributed by atoms with Crippen LogP contribution in [0, 0.1) is 12.1 Å². The van der Waals surface area contributed by atoms with Gasteiger partial charge >= 0.3 is 42.1 Å². The minimum Gasteiger partial charge on any atom is -0.550 e. The second-order valence-electron chi connectivity index (χ2n) is 11.3. The van der Waals surface area contributed by atoms with Crippen molar-refractivity contribution < 1.29 is 81.0 Å². The Bertz CT molecular complexity index is 2030. The Balaban J connectivity index is 0.000000476. The van der Waals surface area contributed by atoms with Gasteiger partial charge in [0.1, 0.15) is 22.9 Å². The van der Waals surface area contributed by atoms with Gasteiger partial charge in [-0.15, -0.1) is 0 Å². The van der Waals surface area contributed by atoms with Crippen molar-refractivity contribution in [2.24, 2.45) is 9.98 Å². The molecule has 0 amide bonds. The summed E-state index contributed by atoms with van der Waals surface area (Å²) in [5, 5.41) is 17.8. The quantitative estimate of drug-likeness (QED) is 0.0855. The van der Waals surface area contributed by atoms with E-state index < -0.39 is 11.9 Å². The number of rotatable bonds is 10. The zero-order chi connectivity index (χ0) is 40.7. The first kappa shape index (κ1) is 49.9. The number of Topliss-reactive ketones (excluding diaryl/α,β-unsaturated/α-hetero) is 2. The maximum Gasteiger partial charge on any atom is 2.00 e. The normalized spacial score (nSPS) is 10.1. The molecule has 10 nitrogen and oxygen atoms in total. The Morgan fingerprint density at radius 2 is 0.759 bits per heavy atom. The third kappa shape index (κ3) is 17.8. The Kier molecular flexibility index (Phi) is 23.7. The molecule has 0 fully saturated rings. The van der Waals surface area contributed by atoms with Crippen LogP contribution in [-0.2, 0) is 51.7 Å². The van der Waals surface area contributed by atoms with Crippen molar-refractivity contribution in [3.63, 3.8) is 0 Å². The summed E-state index contributed by atoms with van der Waals surface area (Å²) in [5.74, 6) is -0.930. The number of hydrogen-bond donors (Lipinski definition) is 0. The summed E-state index contributed by atoms with van der Waals surface area (Å²) in [6.45, 7) is 1.94. The molecule has 0 saturated carbocycles. The molecule has 0 spiro atoms. The molecule has 0 aliphatic carbocycles. The maximum absolute atomic E-state index is 12.9. The molecule has 58 heavy (non-hydrogen) atoms. The van der Waals surface area contributed by atoms with Crippen LogP contribution in [0.2, 0.25) is 0 Å². The van der Waals surface area contributed by atoms with Gasteiger partial charge in [-0.05, 0) is 62.4 Å². The Morgan fingerprint density at radius 3 is 1.02 bits per heavy atom. The SMILES string of the molecule is CC(=O)[O-].CC(=O)[O-].COc1ccc(N=C(C(=O)c2c[c-]ccc2)c2ccccc2)cc1.COc1ccc(N=C(C(=O)c2c[c-]ccc2)c2ccccc2)cc1.[Pt+2].[Pt+2]. The number of ketones is 2. The number of aliphatic imine (C=N–C) groups is 2. The van der Waals surface area contributed by atoms with Crippen LogP contribution >= 0.6 is 0 Å². The smallest absolute Gasteiger partial charge is 0.550 e. The van der Waals surface area contributed by atoms with E-state index in [0.717, 1.165) is 36.5 Å². The molecule has 0 N–H and O–H groups in total. The predicted octanol–water partition coefficient (Wildman–Crippen LogP) is 6.51. The molecule has 6 rings (SSSR count). The van der Waals surface area contributed by atoms with Crippen LogP contribution in [0.4, 0.5) is 11.4 Å². The number of ether oxygens (including phenoxy) is 2. The molecule has 0 bridgehead atoms. The van der Waals surface area contributed by atoms with Gasteiger partial charge in [-0.25, -0.2) is 9.98 Å². The largest absolute Gasteiger partial charge is 2.00 e. The molecule has 0 heterocycles. The van der Waals surface area contributed by atoms with Gasteiger partial charge in [0.05, 0.1) is 25.6 Å². The van der Waals surface area contributed by atoms with E-state index in [1.54, 1.807) is 62.8 Å². The fraction of sp³-hybridized carbons (Fsp3) is 0.0870. The van der Waals surface area contributed by atoms with Crippen molar-refractivity contribution in [2.75, 3.05) is 14.2 Å². The summed E-state index contributed by atoms with van der Waals surface area (Å²) in [6.07, 6.45) is 0.